The van der Waals surface area contributed by atoms with Crippen LogP contribution in [0.5, 0.6) is 0 Å². The van der Waals surface area contributed by atoms with Gasteiger partial charge in [0.1, 0.15) is 0 Å². The van der Waals surface area contributed by atoms with Crippen LogP contribution in [-0.4, -0.2) is 25.7 Å². The maximum atomic E-state index is 10.4. The van der Waals surface area contributed by atoms with E-state index in [1.807, 2.05) is 0 Å². The van der Waals surface area contributed by atoms with Gasteiger partial charge in [0, 0.05) is 13.3 Å². The normalized spacial score (nSPS) is 25.9. The lowest BCUT2D eigenvalue weighted by Gasteiger charge is -2.21. The predicted molar refractivity (Wildman–Crippen MR) is 32.1 cm³/mol. The summed E-state index contributed by atoms with van der Waals surface area (Å²) in [5.74, 6) is -0.313. The van der Waals surface area contributed by atoms with Crippen molar-refractivity contribution in [2.45, 2.75) is 19.6 Å². The third kappa shape index (κ3) is 2.33. The second-order valence-electron chi connectivity index (χ2n) is 2.02. The number of esters is 1. The van der Waals surface area contributed by atoms with E-state index >= 15 is 0 Å². The summed E-state index contributed by atoms with van der Waals surface area (Å²) < 4.78 is 14.5. The summed E-state index contributed by atoms with van der Waals surface area (Å²) in [4.78, 5) is 10.4. The van der Waals surface area contributed by atoms with Gasteiger partial charge in [0.05, 0.1) is 6.61 Å². The van der Waals surface area contributed by atoms with E-state index in [1.54, 1.807) is 0 Å². The number of rotatable bonds is 1. The molecule has 1 saturated heterocycles. The standard InChI is InChI=1S/C6H10O4/c1-5(7)10-6-2-3-8-4-9-6/h6H,2-4H2,1H3. The molecular formula is C6H10O4. The highest BCUT2D eigenvalue weighted by molar-refractivity contribution is 5.66. The van der Waals surface area contributed by atoms with Crippen LogP contribution in [0.25, 0.3) is 0 Å². The predicted octanol–water partition coefficient (Wildman–Crippen LogP) is 0.270. The lowest BCUT2D eigenvalue weighted by molar-refractivity contribution is -0.231. The van der Waals surface area contributed by atoms with E-state index in [1.165, 1.54) is 6.92 Å². The van der Waals surface area contributed by atoms with Gasteiger partial charge in [-0.2, -0.15) is 0 Å². The Balaban J connectivity index is 2.19. The molecule has 10 heavy (non-hydrogen) atoms. The molecule has 58 valence electrons. The molecule has 0 spiro atoms. The highest BCUT2D eigenvalue weighted by atomic mass is 16.8. The number of carbonyl (C=O) groups excluding carboxylic acids is 1. The third-order valence-corrected chi connectivity index (χ3v) is 1.13. The van der Waals surface area contributed by atoms with Gasteiger partial charge in [0.2, 0.25) is 6.29 Å². The molecule has 1 fully saturated rings. The molecular weight excluding hydrogens is 136 g/mol. The third-order valence-electron chi connectivity index (χ3n) is 1.13. The molecule has 1 rings (SSSR count). The molecule has 0 bridgehead atoms. The Morgan fingerprint density at radius 2 is 2.50 bits per heavy atom. The lowest BCUT2D eigenvalue weighted by Crippen LogP contribution is -2.27. The van der Waals surface area contributed by atoms with Gasteiger partial charge >= 0.3 is 5.97 Å². The highest BCUT2D eigenvalue weighted by Crippen LogP contribution is 2.06. The van der Waals surface area contributed by atoms with Gasteiger partial charge in [-0.25, -0.2) is 0 Å². The zero-order valence-corrected chi connectivity index (χ0v) is 5.83. The first-order chi connectivity index (χ1) is 4.79. The highest BCUT2D eigenvalue weighted by Gasteiger charge is 2.15. The van der Waals surface area contributed by atoms with Crippen molar-refractivity contribution in [2.24, 2.45) is 0 Å². The Bertz CT molecular complexity index is 117. The van der Waals surface area contributed by atoms with Crippen molar-refractivity contribution in [3.8, 4) is 0 Å². The van der Waals surface area contributed by atoms with Crippen molar-refractivity contribution in [1.29, 1.82) is 0 Å². The van der Waals surface area contributed by atoms with Crippen LogP contribution in [0.15, 0.2) is 0 Å². The minimum absolute atomic E-state index is 0.220. The molecule has 0 aromatic rings. The van der Waals surface area contributed by atoms with Crippen LogP contribution >= 0.6 is 0 Å². The van der Waals surface area contributed by atoms with Gasteiger partial charge < -0.3 is 14.2 Å². The summed E-state index contributed by atoms with van der Waals surface area (Å²) in [5.41, 5.74) is 0. The molecule has 1 atom stereocenters. The Kier molecular flexibility index (Phi) is 2.65. The van der Waals surface area contributed by atoms with Crippen molar-refractivity contribution in [1.82, 2.24) is 0 Å². The summed E-state index contributed by atoms with van der Waals surface area (Å²) in [6, 6.07) is 0. The molecule has 0 aliphatic carbocycles. The summed E-state index contributed by atoms with van der Waals surface area (Å²) in [6.45, 7) is 2.18. The first-order valence-electron chi connectivity index (χ1n) is 3.15. The molecule has 1 aliphatic heterocycles. The van der Waals surface area contributed by atoms with E-state index in [0.717, 1.165) is 0 Å². The van der Waals surface area contributed by atoms with E-state index in [4.69, 9.17) is 14.2 Å². The van der Waals surface area contributed by atoms with E-state index < -0.39 is 6.29 Å². The van der Waals surface area contributed by atoms with Crippen LogP contribution in [-0.2, 0) is 19.0 Å². The van der Waals surface area contributed by atoms with Crippen LogP contribution in [0.4, 0.5) is 0 Å². The van der Waals surface area contributed by atoms with Crippen molar-refractivity contribution >= 4 is 5.97 Å². The number of hydrogen-bond acceptors (Lipinski definition) is 4. The number of hydrogen-bond donors (Lipinski definition) is 0. The quantitative estimate of drug-likeness (QED) is 0.498. The lowest BCUT2D eigenvalue weighted by atomic mass is 10.4. The molecule has 0 aromatic heterocycles. The van der Waals surface area contributed by atoms with Crippen LogP contribution in [0, 0.1) is 0 Å². The largest absolute Gasteiger partial charge is 0.436 e. The van der Waals surface area contributed by atoms with Crippen LogP contribution in [0.3, 0.4) is 0 Å². The van der Waals surface area contributed by atoms with Crippen molar-refractivity contribution in [2.75, 3.05) is 13.4 Å². The first-order valence-corrected chi connectivity index (χ1v) is 3.15. The minimum Gasteiger partial charge on any atom is -0.436 e. The summed E-state index contributed by atoms with van der Waals surface area (Å²) in [6.07, 6.45) is 0.228. The average Bonchev–Trinajstić information content (AvgIpc) is 1.88. The summed E-state index contributed by atoms with van der Waals surface area (Å²) >= 11 is 0. The fraction of sp³-hybridized carbons (Fsp3) is 0.833. The zero-order chi connectivity index (χ0) is 7.40. The van der Waals surface area contributed by atoms with E-state index in [9.17, 15) is 4.79 Å². The first kappa shape index (κ1) is 7.50. The maximum absolute atomic E-state index is 10.4. The molecule has 0 radical (unpaired) electrons. The second-order valence-corrected chi connectivity index (χ2v) is 2.02. The Hall–Kier alpha value is -0.610. The summed E-state index contributed by atoms with van der Waals surface area (Å²) in [5, 5.41) is 0. The molecule has 1 heterocycles. The monoisotopic (exact) mass is 146 g/mol. The van der Waals surface area contributed by atoms with Crippen LogP contribution < -0.4 is 0 Å². The van der Waals surface area contributed by atoms with E-state index in [2.05, 4.69) is 0 Å². The fourth-order valence-electron chi connectivity index (χ4n) is 0.724. The average molecular weight is 146 g/mol. The van der Waals surface area contributed by atoms with Gasteiger partial charge in [-0.3, -0.25) is 4.79 Å². The van der Waals surface area contributed by atoms with E-state index in [-0.39, 0.29) is 12.8 Å². The molecule has 1 aliphatic rings. The zero-order valence-electron chi connectivity index (χ0n) is 5.83. The van der Waals surface area contributed by atoms with Crippen LogP contribution in [0.1, 0.15) is 13.3 Å². The van der Waals surface area contributed by atoms with Gasteiger partial charge in [-0.15, -0.1) is 0 Å². The molecule has 0 amide bonds. The molecule has 4 heteroatoms. The number of carbonyl (C=O) groups is 1. The Morgan fingerprint density at radius 1 is 1.70 bits per heavy atom. The molecule has 1 unspecified atom stereocenters. The smallest absolute Gasteiger partial charge is 0.304 e. The molecule has 0 saturated carbocycles. The summed E-state index contributed by atoms with van der Waals surface area (Å²) in [7, 11) is 0. The van der Waals surface area contributed by atoms with Gasteiger partial charge in [-0.05, 0) is 0 Å². The molecule has 4 nitrogen and oxygen atoms in total. The SMILES string of the molecule is CC(=O)OC1CCOCO1. The Labute approximate surface area is 59.1 Å². The van der Waals surface area contributed by atoms with Crippen molar-refractivity contribution < 1.29 is 19.0 Å². The molecule has 0 N–H and O–H groups in total. The van der Waals surface area contributed by atoms with Crippen molar-refractivity contribution in [3.05, 3.63) is 0 Å². The number of ether oxygens (including phenoxy) is 3. The second kappa shape index (κ2) is 3.53. The minimum atomic E-state index is -0.397. The Morgan fingerprint density at radius 3 is 3.00 bits per heavy atom. The topological polar surface area (TPSA) is 44.8 Å². The van der Waals surface area contributed by atoms with Gasteiger partial charge in [0.15, 0.2) is 6.79 Å². The van der Waals surface area contributed by atoms with Crippen LogP contribution in [0.2, 0.25) is 0 Å². The fourth-order valence-corrected chi connectivity index (χ4v) is 0.724. The van der Waals surface area contributed by atoms with Gasteiger partial charge in [-0.1, -0.05) is 0 Å². The van der Waals surface area contributed by atoms with Crippen molar-refractivity contribution in [3.63, 3.8) is 0 Å². The maximum Gasteiger partial charge on any atom is 0.304 e. The van der Waals surface area contributed by atoms with E-state index in [0.29, 0.717) is 13.0 Å². The van der Waals surface area contributed by atoms with Gasteiger partial charge in [0.25, 0.3) is 0 Å². The molecule has 0 aromatic carbocycles.